The number of hydrogen-bond donors (Lipinski definition) is 2. The molecule has 0 spiro atoms. The number of likely N-dealkylation sites (N-methyl/N-ethyl adjacent to an activating group) is 1. The average Bonchev–Trinajstić information content (AvgIpc) is 3.03. The molecule has 45 heavy (non-hydrogen) atoms. The molecule has 0 aromatic heterocycles. The molecule has 2 N–H and O–H groups in total. The van der Waals surface area contributed by atoms with Gasteiger partial charge in [-0.05, 0) is 73.1 Å². The molecule has 0 saturated carbocycles. The van der Waals surface area contributed by atoms with Crippen molar-refractivity contribution >= 4 is 21.6 Å². The lowest BCUT2D eigenvalue weighted by Crippen LogP contribution is -2.49. The maximum Gasteiger partial charge on any atom is 0.261 e. The molecule has 0 bridgehead atoms. The van der Waals surface area contributed by atoms with Gasteiger partial charge in [0.2, 0.25) is 0 Å². The maximum atomic E-state index is 13.8. The minimum Gasteiger partial charge on any atom is -0.488 e. The Labute approximate surface area is 264 Å². The standard InChI is InChI=1S/C35H38FN3O5S/c1-24-20-39(25(2)23-40)35(41)32-19-30(37-45(42,43)31-16-13-29(36)14-17-31)15-18-33(32)44-34(24)22-38(3)21-26-9-11-28(12-10-26)27-7-5-4-6-8-27/h4-19,24-25,34,37,40H,20-23H2,1-3H3/t24-,25-,34+/m0/s1. The summed E-state index contributed by atoms with van der Waals surface area (Å²) in [6.45, 7) is 5.16. The summed E-state index contributed by atoms with van der Waals surface area (Å²) in [4.78, 5) is 17.4. The smallest absolute Gasteiger partial charge is 0.261 e. The highest BCUT2D eigenvalue weighted by molar-refractivity contribution is 7.92. The van der Waals surface area contributed by atoms with Crippen LogP contribution in [0.3, 0.4) is 0 Å². The van der Waals surface area contributed by atoms with Gasteiger partial charge in [0.1, 0.15) is 17.7 Å². The van der Waals surface area contributed by atoms with Crippen LogP contribution in [0.2, 0.25) is 0 Å². The van der Waals surface area contributed by atoms with Gasteiger partial charge in [-0.15, -0.1) is 0 Å². The number of ether oxygens (including phenoxy) is 1. The SMILES string of the molecule is C[C@H]1CN([C@@H](C)CO)C(=O)c2cc(NS(=O)(=O)c3ccc(F)cc3)ccc2O[C@@H]1CN(C)Cc1ccc(-c2ccccc2)cc1. The average molecular weight is 632 g/mol. The molecule has 10 heteroatoms. The molecule has 1 aliphatic heterocycles. The van der Waals surface area contributed by atoms with Crippen molar-refractivity contribution in [3.8, 4) is 16.9 Å². The molecule has 0 aliphatic carbocycles. The highest BCUT2D eigenvalue weighted by Gasteiger charge is 2.33. The quantitative estimate of drug-likeness (QED) is 0.235. The van der Waals surface area contributed by atoms with Gasteiger partial charge < -0.3 is 14.7 Å². The van der Waals surface area contributed by atoms with Gasteiger partial charge in [-0.3, -0.25) is 14.4 Å². The summed E-state index contributed by atoms with van der Waals surface area (Å²) in [5, 5.41) is 9.97. The van der Waals surface area contributed by atoms with E-state index < -0.39 is 21.9 Å². The molecule has 236 valence electrons. The van der Waals surface area contributed by atoms with Gasteiger partial charge in [0.15, 0.2) is 0 Å². The summed E-state index contributed by atoms with van der Waals surface area (Å²) in [5.74, 6) is -0.662. The van der Waals surface area contributed by atoms with Crippen LogP contribution >= 0.6 is 0 Å². The van der Waals surface area contributed by atoms with Crippen LogP contribution < -0.4 is 9.46 Å². The number of benzene rings is 4. The van der Waals surface area contributed by atoms with Crippen molar-refractivity contribution in [3.05, 3.63) is 114 Å². The Morgan fingerprint density at radius 3 is 2.33 bits per heavy atom. The van der Waals surface area contributed by atoms with Crippen molar-refractivity contribution in [1.82, 2.24) is 9.80 Å². The van der Waals surface area contributed by atoms with E-state index in [9.17, 15) is 22.7 Å². The van der Waals surface area contributed by atoms with E-state index in [0.29, 0.717) is 25.4 Å². The second-order valence-electron chi connectivity index (χ2n) is 11.7. The molecule has 0 radical (unpaired) electrons. The Balaban J connectivity index is 1.36. The summed E-state index contributed by atoms with van der Waals surface area (Å²) in [6.07, 6.45) is -0.305. The number of nitrogens with zero attached hydrogens (tertiary/aromatic N) is 2. The number of hydrogen-bond acceptors (Lipinski definition) is 6. The normalized spacial score (nSPS) is 17.6. The number of amides is 1. The molecule has 1 amide bonds. The zero-order valence-corrected chi connectivity index (χ0v) is 26.4. The van der Waals surface area contributed by atoms with E-state index in [1.165, 1.54) is 24.3 Å². The first-order valence-electron chi connectivity index (χ1n) is 14.9. The predicted molar refractivity (Wildman–Crippen MR) is 173 cm³/mol. The number of nitrogens with one attached hydrogen (secondary N) is 1. The molecule has 0 unspecified atom stereocenters. The molecule has 5 rings (SSSR count). The van der Waals surface area contributed by atoms with Gasteiger partial charge in [0, 0.05) is 31.2 Å². The minimum absolute atomic E-state index is 0.0735. The molecule has 1 aliphatic rings. The van der Waals surface area contributed by atoms with Crippen LogP contribution in [0, 0.1) is 11.7 Å². The number of fused-ring (bicyclic) bond motifs is 1. The van der Waals surface area contributed by atoms with E-state index in [-0.39, 0.29) is 40.7 Å². The first-order valence-corrected chi connectivity index (χ1v) is 16.4. The van der Waals surface area contributed by atoms with E-state index in [1.807, 2.05) is 32.2 Å². The van der Waals surface area contributed by atoms with Gasteiger partial charge in [-0.2, -0.15) is 0 Å². The summed E-state index contributed by atoms with van der Waals surface area (Å²) in [6, 6.07) is 27.3. The molecule has 4 aromatic carbocycles. The number of rotatable bonds is 10. The first-order chi connectivity index (χ1) is 21.5. The number of aliphatic hydroxyl groups is 1. The Morgan fingerprint density at radius 2 is 1.67 bits per heavy atom. The molecular weight excluding hydrogens is 593 g/mol. The number of carbonyl (C=O) groups is 1. The molecule has 1 heterocycles. The fourth-order valence-corrected chi connectivity index (χ4v) is 6.50. The van der Waals surface area contributed by atoms with Crippen molar-refractivity contribution in [2.24, 2.45) is 5.92 Å². The van der Waals surface area contributed by atoms with E-state index >= 15 is 0 Å². The fourth-order valence-electron chi connectivity index (χ4n) is 5.45. The van der Waals surface area contributed by atoms with Gasteiger partial charge in [-0.25, -0.2) is 12.8 Å². The molecular formula is C35H38FN3O5S. The van der Waals surface area contributed by atoms with Crippen LogP contribution in [0.1, 0.15) is 29.8 Å². The summed E-state index contributed by atoms with van der Waals surface area (Å²) in [7, 11) is -2.02. The highest BCUT2D eigenvalue weighted by Crippen LogP contribution is 2.32. The largest absolute Gasteiger partial charge is 0.488 e. The third-order valence-corrected chi connectivity index (χ3v) is 9.44. The van der Waals surface area contributed by atoms with Crippen LogP contribution in [-0.4, -0.2) is 68.1 Å². The molecule has 3 atom stereocenters. The second kappa shape index (κ2) is 13.8. The van der Waals surface area contributed by atoms with E-state index in [1.54, 1.807) is 17.9 Å². The van der Waals surface area contributed by atoms with Gasteiger partial charge in [0.25, 0.3) is 15.9 Å². The minimum atomic E-state index is -4.04. The molecule has 0 saturated heterocycles. The Morgan fingerprint density at radius 1 is 1.00 bits per heavy atom. The van der Waals surface area contributed by atoms with Crippen LogP contribution in [0.5, 0.6) is 5.75 Å². The lowest BCUT2D eigenvalue weighted by atomic mass is 9.99. The highest BCUT2D eigenvalue weighted by atomic mass is 32.2. The van der Waals surface area contributed by atoms with Crippen molar-refractivity contribution in [2.75, 3.05) is 31.5 Å². The number of halogens is 1. The van der Waals surface area contributed by atoms with Gasteiger partial charge in [-0.1, -0.05) is 61.5 Å². The number of aliphatic hydroxyl groups excluding tert-OH is 1. The summed E-state index contributed by atoms with van der Waals surface area (Å²) >= 11 is 0. The maximum absolute atomic E-state index is 13.8. The topological polar surface area (TPSA) is 99.2 Å². The number of sulfonamides is 1. The Kier molecular flexibility index (Phi) is 9.86. The van der Waals surface area contributed by atoms with Crippen molar-refractivity contribution in [3.63, 3.8) is 0 Å². The van der Waals surface area contributed by atoms with Crippen molar-refractivity contribution in [2.45, 2.75) is 37.4 Å². The van der Waals surface area contributed by atoms with Gasteiger partial charge in [0.05, 0.1) is 23.1 Å². The van der Waals surface area contributed by atoms with Crippen LogP contribution in [0.15, 0.2) is 102 Å². The van der Waals surface area contributed by atoms with Crippen LogP contribution in [0.4, 0.5) is 10.1 Å². The lowest BCUT2D eigenvalue weighted by molar-refractivity contribution is 0.0341. The monoisotopic (exact) mass is 631 g/mol. The number of anilines is 1. The third kappa shape index (κ3) is 7.70. The van der Waals surface area contributed by atoms with E-state index in [4.69, 9.17) is 4.74 Å². The molecule has 0 fully saturated rings. The fraction of sp³-hybridized carbons (Fsp3) is 0.286. The van der Waals surface area contributed by atoms with Crippen LogP contribution in [-0.2, 0) is 16.6 Å². The zero-order chi connectivity index (χ0) is 32.1. The lowest BCUT2D eigenvalue weighted by Gasteiger charge is -2.38. The van der Waals surface area contributed by atoms with Crippen LogP contribution in [0.25, 0.3) is 11.1 Å². The summed E-state index contributed by atoms with van der Waals surface area (Å²) < 4.78 is 48.2. The second-order valence-corrected chi connectivity index (χ2v) is 13.3. The zero-order valence-electron chi connectivity index (χ0n) is 25.6. The first kappa shape index (κ1) is 32.2. The van der Waals surface area contributed by atoms with Crippen molar-refractivity contribution < 1.29 is 27.4 Å². The molecule has 4 aromatic rings. The van der Waals surface area contributed by atoms with Crippen molar-refractivity contribution in [1.29, 1.82) is 0 Å². The Hall–Kier alpha value is -4.25. The Bertz CT molecular complexity index is 1720. The number of carbonyl (C=O) groups excluding carboxylic acids is 1. The predicted octanol–water partition coefficient (Wildman–Crippen LogP) is 5.65. The third-order valence-electron chi connectivity index (χ3n) is 8.05. The van der Waals surface area contributed by atoms with E-state index in [2.05, 4.69) is 46.0 Å². The van der Waals surface area contributed by atoms with Gasteiger partial charge >= 0.3 is 0 Å². The molecule has 8 nitrogen and oxygen atoms in total. The van der Waals surface area contributed by atoms with E-state index in [0.717, 1.165) is 28.8 Å². The summed E-state index contributed by atoms with van der Waals surface area (Å²) in [5.41, 5.74) is 3.81.